The van der Waals surface area contributed by atoms with Gasteiger partial charge in [0.05, 0.1) is 7.11 Å². The third-order valence-corrected chi connectivity index (χ3v) is 2.76. The van der Waals surface area contributed by atoms with Crippen LogP contribution in [-0.4, -0.2) is 7.11 Å². The van der Waals surface area contributed by atoms with Crippen LogP contribution in [0, 0.1) is 6.92 Å². The van der Waals surface area contributed by atoms with E-state index in [2.05, 4.69) is 18.4 Å². The summed E-state index contributed by atoms with van der Waals surface area (Å²) in [6, 6.07) is 6.02. The molecule has 1 aromatic carbocycles. The summed E-state index contributed by atoms with van der Waals surface area (Å²) in [6.07, 6.45) is 0. The van der Waals surface area contributed by atoms with Gasteiger partial charge in [0.15, 0.2) is 0 Å². The Labute approximate surface area is 75.6 Å². The third kappa shape index (κ3) is 0.994. The first kappa shape index (κ1) is 7.62. The molecule has 0 N–H and O–H groups in total. The van der Waals surface area contributed by atoms with Crippen molar-refractivity contribution in [1.29, 1.82) is 0 Å². The van der Waals surface area contributed by atoms with Crippen LogP contribution in [0.2, 0.25) is 0 Å². The number of thiophene rings is 1. The number of fused-ring (bicyclic) bond motifs is 1. The second-order valence-corrected chi connectivity index (χ2v) is 3.54. The fourth-order valence-electron chi connectivity index (χ4n) is 1.28. The largest absolute Gasteiger partial charge is 0.496 e. The molecule has 0 unspecified atom stereocenters. The molecule has 1 aromatic heterocycles. The van der Waals surface area contributed by atoms with Crippen LogP contribution in [0.15, 0.2) is 23.6 Å². The van der Waals surface area contributed by atoms with Gasteiger partial charge in [-0.15, -0.1) is 11.3 Å². The molecule has 1 radical (unpaired) electrons. The van der Waals surface area contributed by atoms with Gasteiger partial charge < -0.3 is 4.74 Å². The predicted octanol–water partition coefficient (Wildman–Crippen LogP) is 3.09. The van der Waals surface area contributed by atoms with Crippen LogP contribution in [0.25, 0.3) is 10.8 Å². The molecule has 2 heteroatoms. The van der Waals surface area contributed by atoms with Crippen molar-refractivity contribution in [2.24, 2.45) is 0 Å². The molecule has 2 aromatic rings. The lowest BCUT2D eigenvalue weighted by Crippen LogP contribution is -1.81. The van der Waals surface area contributed by atoms with Crippen molar-refractivity contribution in [2.45, 2.75) is 0 Å². The summed E-state index contributed by atoms with van der Waals surface area (Å²) in [6.45, 7) is 3.95. The Morgan fingerprint density at radius 2 is 2.17 bits per heavy atom. The molecule has 0 saturated carbocycles. The van der Waals surface area contributed by atoms with Gasteiger partial charge in [0.2, 0.25) is 0 Å². The van der Waals surface area contributed by atoms with Crippen molar-refractivity contribution in [2.75, 3.05) is 7.11 Å². The van der Waals surface area contributed by atoms with Crippen LogP contribution in [0.4, 0.5) is 0 Å². The molecule has 1 heterocycles. The Morgan fingerprint density at radius 3 is 2.92 bits per heavy atom. The lowest BCUT2D eigenvalue weighted by atomic mass is 10.2. The van der Waals surface area contributed by atoms with Gasteiger partial charge in [-0.3, -0.25) is 0 Å². The topological polar surface area (TPSA) is 9.23 Å². The van der Waals surface area contributed by atoms with E-state index in [1.165, 1.54) is 5.39 Å². The molecule has 0 aliphatic rings. The smallest absolute Gasteiger partial charge is 0.127 e. The minimum absolute atomic E-state index is 0.929. The molecule has 0 aliphatic heterocycles. The van der Waals surface area contributed by atoms with Crippen molar-refractivity contribution in [3.63, 3.8) is 0 Å². The van der Waals surface area contributed by atoms with Gasteiger partial charge in [0.25, 0.3) is 0 Å². The highest BCUT2D eigenvalue weighted by Crippen LogP contribution is 2.31. The summed E-state index contributed by atoms with van der Waals surface area (Å²) in [5.74, 6) is 0.929. The van der Waals surface area contributed by atoms with Gasteiger partial charge >= 0.3 is 0 Å². The van der Waals surface area contributed by atoms with Gasteiger partial charge in [0.1, 0.15) is 5.75 Å². The van der Waals surface area contributed by atoms with Crippen molar-refractivity contribution in [1.82, 2.24) is 0 Å². The molecule has 0 atom stereocenters. The van der Waals surface area contributed by atoms with E-state index in [0.29, 0.717) is 0 Å². The van der Waals surface area contributed by atoms with E-state index in [9.17, 15) is 0 Å². The number of hydrogen-bond donors (Lipinski definition) is 0. The number of benzene rings is 1. The summed E-state index contributed by atoms with van der Waals surface area (Å²) >= 11 is 1.66. The van der Waals surface area contributed by atoms with E-state index in [1.54, 1.807) is 18.4 Å². The maximum atomic E-state index is 5.22. The Hall–Kier alpha value is -1.02. The highest BCUT2D eigenvalue weighted by Gasteiger charge is 2.03. The molecule has 1 nitrogen and oxygen atoms in total. The summed E-state index contributed by atoms with van der Waals surface area (Å²) in [5, 5.41) is 4.44. The molecule has 12 heavy (non-hydrogen) atoms. The summed E-state index contributed by atoms with van der Waals surface area (Å²) in [4.78, 5) is 1.10. The Kier molecular flexibility index (Phi) is 1.77. The average molecular weight is 177 g/mol. The van der Waals surface area contributed by atoms with Gasteiger partial charge in [-0.2, -0.15) is 0 Å². The molecule has 61 valence electrons. The van der Waals surface area contributed by atoms with Crippen LogP contribution >= 0.6 is 11.3 Å². The third-order valence-electron chi connectivity index (χ3n) is 1.91. The fraction of sp³-hybridized carbons (Fsp3) is 0.100. The molecule has 0 amide bonds. The molecular formula is C10H9OS. The van der Waals surface area contributed by atoms with E-state index in [4.69, 9.17) is 4.74 Å². The first-order valence-electron chi connectivity index (χ1n) is 3.69. The van der Waals surface area contributed by atoms with Crippen molar-refractivity contribution in [3.05, 3.63) is 35.4 Å². The number of hydrogen-bond acceptors (Lipinski definition) is 2. The van der Waals surface area contributed by atoms with Gasteiger partial charge in [-0.1, -0.05) is 12.1 Å². The van der Waals surface area contributed by atoms with E-state index < -0.39 is 0 Å². The van der Waals surface area contributed by atoms with Crippen LogP contribution in [-0.2, 0) is 0 Å². The van der Waals surface area contributed by atoms with Gasteiger partial charge in [-0.05, 0) is 18.4 Å². The van der Waals surface area contributed by atoms with Crippen molar-refractivity contribution in [3.8, 4) is 5.75 Å². The van der Waals surface area contributed by atoms with Gasteiger partial charge in [-0.25, -0.2) is 0 Å². The zero-order valence-electron chi connectivity index (χ0n) is 6.83. The van der Waals surface area contributed by atoms with Crippen LogP contribution < -0.4 is 4.74 Å². The zero-order chi connectivity index (χ0) is 8.55. The molecular weight excluding hydrogens is 168 g/mol. The molecule has 0 aliphatic carbocycles. The summed E-state index contributed by atoms with van der Waals surface area (Å²) in [7, 11) is 1.69. The second-order valence-electron chi connectivity index (χ2n) is 2.58. The number of methoxy groups -OCH3 is 1. The minimum atomic E-state index is 0.929. The molecule has 0 bridgehead atoms. The van der Waals surface area contributed by atoms with Crippen LogP contribution in [0.3, 0.4) is 0 Å². The zero-order valence-corrected chi connectivity index (χ0v) is 7.65. The van der Waals surface area contributed by atoms with E-state index in [0.717, 1.165) is 16.0 Å². The molecule has 2 rings (SSSR count). The molecule has 0 saturated heterocycles. The predicted molar refractivity (Wildman–Crippen MR) is 52.8 cm³/mol. The van der Waals surface area contributed by atoms with Crippen LogP contribution in [0.1, 0.15) is 4.88 Å². The minimum Gasteiger partial charge on any atom is -0.496 e. The quantitative estimate of drug-likeness (QED) is 0.650. The Morgan fingerprint density at radius 1 is 1.33 bits per heavy atom. The number of ether oxygens (including phenoxy) is 1. The van der Waals surface area contributed by atoms with Crippen molar-refractivity contribution >= 4 is 22.1 Å². The Bertz CT molecular complexity index is 403. The lowest BCUT2D eigenvalue weighted by molar-refractivity contribution is 0.420. The fourth-order valence-corrected chi connectivity index (χ4v) is 2.09. The highest BCUT2D eigenvalue weighted by molar-refractivity contribution is 7.11. The van der Waals surface area contributed by atoms with E-state index in [-0.39, 0.29) is 0 Å². The maximum absolute atomic E-state index is 5.22. The molecule has 0 spiro atoms. The summed E-state index contributed by atoms with van der Waals surface area (Å²) < 4.78 is 5.22. The van der Waals surface area contributed by atoms with Gasteiger partial charge in [0, 0.05) is 15.6 Å². The standard InChI is InChI=1S/C10H9OS/c1-7-8-4-3-5-10(11-2)9(8)6-12-7/h3-6H,1H2,2H3. The van der Waals surface area contributed by atoms with E-state index >= 15 is 0 Å². The Balaban J connectivity index is 2.81. The first-order valence-corrected chi connectivity index (χ1v) is 4.57. The van der Waals surface area contributed by atoms with E-state index in [1.807, 2.05) is 12.1 Å². The highest BCUT2D eigenvalue weighted by atomic mass is 32.1. The first-order chi connectivity index (χ1) is 5.83. The summed E-state index contributed by atoms with van der Waals surface area (Å²) in [5.41, 5.74) is 0. The SMILES string of the molecule is [CH2]c1scc2c(OC)cccc12. The monoisotopic (exact) mass is 177 g/mol. The maximum Gasteiger partial charge on any atom is 0.127 e. The number of rotatable bonds is 1. The lowest BCUT2D eigenvalue weighted by Gasteiger charge is -2.00. The van der Waals surface area contributed by atoms with Crippen molar-refractivity contribution < 1.29 is 4.74 Å². The molecule has 0 fully saturated rings. The second kappa shape index (κ2) is 2.79. The normalized spacial score (nSPS) is 10.5. The average Bonchev–Trinajstić information content (AvgIpc) is 2.48. The van der Waals surface area contributed by atoms with Crippen LogP contribution in [0.5, 0.6) is 5.75 Å².